The highest BCUT2D eigenvalue weighted by molar-refractivity contribution is 6.32. The van der Waals surface area contributed by atoms with Gasteiger partial charge in [-0.25, -0.2) is 0 Å². The van der Waals surface area contributed by atoms with Gasteiger partial charge in [-0.2, -0.15) is 10.2 Å². The Kier molecular flexibility index (Phi) is 3.10. The minimum atomic E-state index is 0.196. The summed E-state index contributed by atoms with van der Waals surface area (Å²) in [5, 5.41) is 13.0. The summed E-state index contributed by atoms with van der Waals surface area (Å²) in [5.74, 6) is 2.12. The number of nitriles is 1. The van der Waals surface area contributed by atoms with Crippen molar-refractivity contribution in [1.82, 2.24) is 10.1 Å². The number of ether oxygens (including phenoxy) is 1. The van der Waals surface area contributed by atoms with Crippen molar-refractivity contribution in [3.8, 4) is 11.8 Å². The molecule has 0 aliphatic heterocycles. The fraction of sp³-hybridized carbons (Fsp3) is 0.308. The van der Waals surface area contributed by atoms with Crippen molar-refractivity contribution in [3.63, 3.8) is 0 Å². The zero-order chi connectivity index (χ0) is 13.2. The SMILES string of the molecule is N#Cc1ccc(OCc2noc(C3CC3)n2)c(Cl)c1. The minimum absolute atomic E-state index is 0.196. The van der Waals surface area contributed by atoms with Crippen LogP contribution in [-0.4, -0.2) is 10.1 Å². The fourth-order valence-electron chi connectivity index (χ4n) is 1.65. The monoisotopic (exact) mass is 275 g/mol. The van der Waals surface area contributed by atoms with Crippen LogP contribution in [0.3, 0.4) is 0 Å². The second-order valence-electron chi connectivity index (χ2n) is 4.37. The van der Waals surface area contributed by atoms with E-state index in [9.17, 15) is 0 Å². The maximum absolute atomic E-state index is 8.74. The molecule has 0 spiro atoms. The highest BCUT2D eigenvalue weighted by Crippen LogP contribution is 2.38. The van der Waals surface area contributed by atoms with Gasteiger partial charge in [-0.1, -0.05) is 16.8 Å². The van der Waals surface area contributed by atoms with Crippen molar-refractivity contribution < 1.29 is 9.26 Å². The molecule has 1 heterocycles. The van der Waals surface area contributed by atoms with E-state index < -0.39 is 0 Å². The van der Waals surface area contributed by atoms with E-state index >= 15 is 0 Å². The largest absolute Gasteiger partial charge is 0.484 e. The van der Waals surface area contributed by atoms with Crippen LogP contribution in [0, 0.1) is 11.3 Å². The topological polar surface area (TPSA) is 71.9 Å². The maximum atomic E-state index is 8.74. The maximum Gasteiger partial charge on any atom is 0.229 e. The number of hydrogen-bond acceptors (Lipinski definition) is 5. The Morgan fingerprint density at radius 2 is 2.32 bits per heavy atom. The third-order valence-corrected chi connectivity index (χ3v) is 3.12. The first kappa shape index (κ1) is 12.0. The zero-order valence-corrected chi connectivity index (χ0v) is 10.7. The molecule has 0 saturated heterocycles. The molecule has 2 aromatic rings. The summed E-state index contributed by atoms with van der Waals surface area (Å²) in [6.45, 7) is 0.196. The Labute approximate surface area is 114 Å². The Morgan fingerprint density at radius 3 is 3.00 bits per heavy atom. The summed E-state index contributed by atoms with van der Waals surface area (Å²) in [5.41, 5.74) is 0.493. The lowest BCUT2D eigenvalue weighted by molar-refractivity contribution is 0.285. The first-order chi connectivity index (χ1) is 9.26. The van der Waals surface area contributed by atoms with Gasteiger partial charge in [-0.3, -0.25) is 0 Å². The molecule has 1 fully saturated rings. The molecular formula is C13H10ClN3O2. The normalized spacial score (nSPS) is 14.1. The third kappa shape index (κ3) is 2.69. The first-order valence-corrected chi connectivity index (χ1v) is 6.29. The summed E-state index contributed by atoms with van der Waals surface area (Å²) in [6, 6.07) is 6.87. The predicted octanol–water partition coefficient (Wildman–Crippen LogP) is 3.05. The zero-order valence-electron chi connectivity index (χ0n) is 9.97. The summed E-state index contributed by atoms with van der Waals surface area (Å²) in [7, 11) is 0. The molecule has 1 saturated carbocycles. The second-order valence-corrected chi connectivity index (χ2v) is 4.78. The molecule has 1 aromatic carbocycles. The van der Waals surface area contributed by atoms with Gasteiger partial charge in [0, 0.05) is 5.92 Å². The van der Waals surface area contributed by atoms with Crippen LogP contribution in [0.5, 0.6) is 5.75 Å². The summed E-state index contributed by atoms with van der Waals surface area (Å²) in [4.78, 5) is 4.25. The first-order valence-electron chi connectivity index (χ1n) is 5.91. The van der Waals surface area contributed by atoms with Crippen LogP contribution in [0.2, 0.25) is 5.02 Å². The van der Waals surface area contributed by atoms with Crippen molar-refractivity contribution in [2.24, 2.45) is 0 Å². The number of hydrogen-bond donors (Lipinski definition) is 0. The Morgan fingerprint density at radius 1 is 1.47 bits per heavy atom. The third-order valence-electron chi connectivity index (χ3n) is 2.83. The van der Waals surface area contributed by atoms with Gasteiger partial charge in [0.2, 0.25) is 11.7 Å². The van der Waals surface area contributed by atoms with E-state index in [2.05, 4.69) is 10.1 Å². The molecule has 96 valence electrons. The number of benzene rings is 1. The van der Waals surface area contributed by atoms with Crippen LogP contribution in [0.1, 0.15) is 36.0 Å². The molecule has 0 radical (unpaired) electrons. The number of aromatic nitrogens is 2. The Hall–Kier alpha value is -2.06. The van der Waals surface area contributed by atoms with Crippen molar-refractivity contribution in [3.05, 3.63) is 40.5 Å². The highest BCUT2D eigenvalue weighted by Gasteiger charge is 2.29. The van der Waals surface area contributed by atoms with Crippen molar-refractivity contribution in [2.45, 2.75) is 25.4 Å². The smallest absolute Gasteiger partial charge is 0.229 e. The van der Waals surface area contributed by atoms with Gasteiger partial charge in [0.05, 0.1) is 16.7 Å². The van der Waals surface area contributed by atoms with E-state index in [1.54, 1.807) is 18.2 Å². The average Bonchev–Trinajstić information content (AvgIpc) is 3.17. The van der Waals surface area contributed by atoms with E-state index in [1.165, 1.54) is 0 Å². The second kappa shape index (κ2) is 4.90. The van der Waals surface area contributed by atoms with E-state index in [0.717, 1.165) is 12.8 Å². The number of halogens is 1. The van der Waals surface area contributed by atoms with Gasteiger partial charge < -0.3 is 9.26 Å². The van der Waals surface area contributed by atoms with E-state index in [0.29, 0.717) is 34.0 Å². The summed E-state index contributed by atoms with van der Waals surface area (Å²) < 4.78 is 10.6. The number of nitrogens with zero attached hydrogens (tertiary/aromatic N) is 3. The Balaban J connectivity index is 1.66. The molecule has 0 atom stereocenters. The van der Waals surface area contributed by atoms with Crippen molar-refractivity contribution >= 4 is 11.6 Å². The van der Waals surface area contributed by atoms with Crippen LogP contribution >= 0.6 is 11.6 Å². The molecule has 5 nitrogen and oxygen atoms in total. The summed E-state index contributed by atoms with van der Waals surface area (Å²) in [6.07, 6.45) is 2.23. The average molecular weight is 276 g/mol. The van der Waals surface area contributed by atoms with Gasteiger partial charge >= 0.3 is 0 Å². The van der Waals surface area contributed by atoms with Crippen LogP contribution in [-0.2, 0) is 6.61 Å². The van der Waals surface area contributed by atoms with Crippen molar-refractivity contribution in [2.75, 3.05) is 0 Å². The molecule has 6 heteroatoms. The molecule has 3 rings (SSSR count). The van der Waals surface area contributed by atoms with Crippen LogP contribution in [0.4, 0.5) is 0 Å². The van der Waals surface area contributed by atoms with Gasteiger partial charge in [-0.05, 0) is 31.0 Å². The molecule has 1 aliphatic rings. The van der Waals surface area contributed by atoms with Gasteiger partial charge in [0.25, 0.3) is 0 Å². The molecule has 1 aromatic heterocycles. The van der Waals surface area contributed by atoms with Crippen LogP contribution in [0.25, 0.3) is 0 Å². The molecule has 1 aliphatic carbocycles. The fourth-order valence-corrected chi connectivity index (χ4v) is 1.89. The highest BCUT2D eigenvalue weighted by atomic mass is 35.5. The molecule has 19 heavy (non-hydrogen) atoms. The molecule has 0 unspecified atom stereocenters. The lowest BCUT2D eigenvalue weighted by Gasteiger charge is -2.05. The van der Waals surface area contributed by atoms with E-state index in [1.807, 2.05) is 6.07 Å². The van der Waals surface area contributed by atoms with Gasteiger partial charge in [0.15, 0.2) is 6.61 Å². The lowest BCUT2D eigenvalue weighted by atomic mass is 10.2. The van der Waals surface area contributed by atoms with Crippen LogP contribution in [0.15, 0.2) is 22.7 Å². The standard InChI is InChI=1S/C13H10ClN3O2/c14-10-5-8(6-15)1-4-11(10)18-7-12-16-13(19-17-12)9-2-3-9/h1,4-5,9H,2-3,7H2. The van der Waals surface area contributed by atoms with E-state index in [-0.39, 0.29) is 6.61 Å². The predicted molar refractivity (Wildman–Crippen MR) is 66.8 cm³/mol. The molecular weight excluding hydrogens is 266 g/mol. The molecule has 0 amide bonds. The molecule has 0 bridgehead atoms. The van der Waals surface area contributed by atoms with Gasteiger partial charge in [0.1, 0.15) is 5.75 Å². The summed E-state index contributed by atoms with van der Waals surface area (Å²) >= 11 is 6.00. The Bertz CT molecular complexity index is 644. The number of rotatable bonds is 4. The molecule has 0 N–H and O–H groups in total. The van der Waals surface area contributed by atoms with Crippen molar-refractivity contribution in [1.29, 1.82) is 5.26 Å². The minimum Gasteiger partial charge on any atom is -0.484 e. The van der Waals surface area contributed by atoms with Gasteiger partial charge in [-0.15, -0.1) is 0 Å². The van der Waals surface area contributed by atoms with E-state index in [4.69, 9.17) is 26.1 Å². The quantitative estimate of drug-likeness (QED) is 0.857. The van der Waals surface area contributed by atoms with Crippen LogP contribution < -0.4 is 4.74 Å². The lowest BCUT2D eigenvalue weighted by Crippen LogP contribution is -1.98.